The molecule has 0 bridgehead atoms. The molecule has 0 saturated heterocycles. The molecule has 164 valence electrons. The van der Waals surface area contributed by atoms with Gasteiger partial charge in [-0.2, -0.15) is 0 Å². The number of nitrogens with one attached hydrogen (secondary N) is 1. The van der Waals surface area contributed by atoms with E-state index in [2.05, 4.69) is 4.72 Å². The van der Waals surface area contributed by atoms with Gasteiger partial charge in [0.05, 0.1) is 25.3 Å². The predicted octanol–water partition coefficient (Wildman–Crippen LogP) is 2.42. The van der Waals surface area contributed by atoms with E-state index in [0.717, 1.165) is 0 Å². The van der Waals surface area contributed by atoms with Crippen LogP contribution >= 0.6 is 11.6 Å². The largest absolute Gasteiger partial charge is 0.495 e. The first-order chi connectivity index (χ1) is 14.3. The van der Waals surface area contributed by atoms with Crippen molar-refractivity contribution in [2.24, 2.45) is 0 Å². The van der Waals surface area contributed by atoms with Crippen molar-refractivity contribution in [1.29, 1.82) is 0 Å². The molecule has 2 aromatic carbocycles. The Morgan fingerprint density at radius 3 is 2.50 bits per heavy atom. The van der Waals surface area contributed by atoms with Crippen LogP contribution in [0.2, 0.25) is 5.02 Å². The third-order valence-corrected chi connectivity index (χ3v) is 5.96. The molecule has 1 amide bonds. The molecule has 2 rings (SSSR count). The summed E-state index contributed by atoms with van der Waals surface area (Å²) in [6.45, 7) is 0.823. The molecule has 0 radical (unpaired) electrons. The number of nitrogens with zero attached hydrogens (tertiary/aromatic N) is 1. The van der Waals surface area contributed by atoms with E-state index in [-0.39, 0.29) is 48.4 Å². The van der Waals surface area contributed by atoms with Crippen molar-refractivity contribution in [3.63, 3.8) is 0 Å². The number of carbonyl (C=O) groups excluding carboxylic acids is 1. The van der Waals surface area contributed by atoms with E-state index in [1.807, 2.05) is 0 Å². The lowest BCUT2D eigenvalue weighted by Crippen LogP contribution is -2.31. The van der Waals surface area contributed by atoms with Crippen molar-refractivity contribution in [2.45, 2.75) is 4.90 Å². The lowest BCUT2D eigenvalue weighted by molar-refractivity contribution is 0.0773. The third-order valence-electron chi connectivity index (χ3n) is 4.17. The molecule has 2 aromatic rings. The zero-order valence-electron chi connectivity index (χ0n) is 17.1. The minimum Gasteiger partial charge on any atom is -0.495 e. The highest BCUT2D eigenvalue weighted by molar-refractivity contribution is 7.89. The Morgan fingerprint density at radius 1 is 1.10 bits per heavy atom. The summed E-state index contributed by atoms with van der Waals surface area (Å²) in [4.78, 5) is 14.1. The summed E-state index contributed by atoms with van der Waals surface area (Å²) in [7, 11) is 0.561. The molecule has 0 fully saturated rings. The molecule has 0 heterocycles. The summed E-state index contributed by atoms with van der Waals surface area (Å²) < 4.78 is 43.2. The topological polar surface area (TPSA) is 94.2 Å². The molecule has 0 spiro atoms. The number of para-hydroxylation sites is 1. The van der Waals surface area contributed by atoms with Gasteiger partial charge in [0.2, 0.25) is 10.0 Å². The van der Waals surface area contributed by atoms with E-state index in [1.54, 1.807) is 31.3 Å². The van der Waals surface area contributed by atoms with Crippen LogP contribution in [0.25, 0.3) is 0 Å². The first kappa shape index (κ1) is 23.9. The van der Waals surface area contributed by atoms with Crippen LogP contribution < -0.4 is 14.2 Å². The highest BCUT2D eigenvalue weighted by atomic mass is 35.5. The number of likely N-dealkylation sites (N-methyl/N-ethyl adjacent to an activating group) is 1. The second kappa shape index (κ2) is 11.2. The van der Waals surface area contributed by atoms with E-state index in [4.69, 9.17) is 25.8 Å². The fraction of sp³-hybridized carbons (Fsp3) is 0.350. The van der Waals surface area contributed by atoms with E-state index in [0.29, 0.717) is 10.8 Å². The van der Waals surface area contributed by atoms with Gasteiger partial charge < -0.3 is 19.1 Å². The van der Waals surface area contributed by atoms with Crippen LogP contribution in [-0.2, 0) is 14.8 Å². The Labute approximate surface area is 181 Å². The molecule has 1 N–H and O–H groups in total. The van der Waals surface area contributed by atoms with Crippen LogP contribution in [0, 0.1) is 0 Å². The number of sulfonamides is 1. The molecule has 0 aromatic heterocycles. The Kier molecular flexibility index (Phi) is 8.91. The molecule has 0 aliphatic carbocycles. The number of amides is 1. The van der Waals surface area contributed by atoms with Gasteiger partial charge in [0.15, 0.2) is 0 Å². The standard InChI is InChI=1S/C20H25ClN2O6S/c1-23(11-13-29-17-7-5-4-6-16(17)21)20(24)15-8-9-18(28-3)19(14-15)30(25,26)22-10-12-27-2/h4-9,14,22H,10-13H2,1-3H3. The fourth-order valence-corrected chi connectivity index (χ4v) is 3.95. The summed E-state index contributed by atoms with van der Waals surface area (Å²) >= 11 is 6.04. The van der Waals surface area contributed by atoms with Crippen molar-refractivity contribution in [2.75, 3.05) is 47.6 Å². The number of carbonyl (C=O) groups is 1. The van der Waals surface area contributed by atoms with E-state index in [1.165, 1.54) is 37.3 Å². The predicted molar refractivity (Wildman–Crippen MR) is 114 cm³/mol. The maximum atomic E-state index is 12.8. The summed E-state index contributed by atoms with van der Waals surface area (Å²) in [5, 5.41) is 0.484. The molecule has 8 nitrogen and oxygen atoms in total. The van der Waals surface area contributed by atoms with E-state index < -0.39 is 10.0 Å². The Balaban J connectivity index is 2.10. The highest BCUT2D eigenvalue weighted by Crippen LogP contribution is 2.26. The van der Waals surface area contributed by atoms with Crippen LogP contribution in [0.3, 0.4) is 0 Å². The smallest absolute Gasteiger partial charge is 0.253 e. The zero-order chi connectivity index (χ0) is 22.1. The van der Waals surface area contributed by atoms with Gasteiger partial charge in [-0.3, -0.25) is 4.79 Å². The maximum Gasteiger partial charge on any atom is 0.253 e. The summed E-state index contributed by atoms with van der Waals surface area (Å²) in [5.74, 6) is 0.315. The molecule has 0 aliphatic rings. The van der Waals surface area contributed by atoms with Crippen molar-refractivity contribution < 1.29 is 27.4 Å². The van der Waals surface area contributed by atoms with Gasteiger partial charge in [-0.25, -0.2) is 13.1 Å². The van der Waals surface area contributed by atoms with Crippen molar-refractivity contribution in [3.05, 3.63) is 53.1 Å². The van der Waals surface area contributed by atoms with E-state index >= 15 is 0 Å². The molecule has 30 heavy (non-hydrogen) atoms. The zero-order valence-corrected chi connectivity index (χ0v) is 18.6. The van der Waals surface area contributed by atoms with Gasteiger partial charge in [0.25, 0.3) is 5.91 Å². The van der Waals surface area contributed by atoms with Crippen LogP contribution in [0.15, 0.2) is 47.4 Å². The van der Waals surface area contributed by atoms with Gasteiger partial charge in [-0.05, 0) is 30.3 Å². The highest BCUT2D eigenvalue weighted by Gasteiger charge is 2.22. The van der Waals surface area contributed by atoms with Crippen LogP contribution in [0.1, 0.15) is 10.4 Å². The first-order valence-corrected chi connectivity index (χ1v) is 11.0. The molecule has 0 saturated carbocycles. The fourth-order valence-electron chi connectivity index (χ4n) is 2.55. The number of methoxy groups -OCH3 is 2. The second-order valence-corrected chi connectivity index (χ2v) is 8.40. The lowest BCUT2D eigenvalue weighted by atomic mass is 10.2. The minimum absolute atomic E-state index is 0.0967. The Hall–Kier alpha value is -2.33. The number of halogens is 1. The molecular formula is C20H25ClN2O6S. The van der Waals surface area contributed by atoms with Gasteiger partial charge in [0, 0.05) is 26.3 Å². The van der Waals surface area contributed by atoms with Crippen LogP contribution in [0.4, 0.5) is 0 Å². The van der Waals surface area contributed by atoms with E-state index in [9.17, 15) is 13.2 Å². The lowest BCUT2D eigenvalue weighted by Gasteiger charge is -2.19. The normalized spacial score (nSPS) is 11.2. The monoisotopic (exact) mass is 456 g/mol. The van der Waals surface area contributed by atoms with Crippen molar-refractivity contribution >= 4 is 27.5 Å². The van der Waals surface area contributed by atoms with Crippen LogP contribution in [-0.4, -0.2) is 66.8 Å². The molecule has 0 unspecified atom stereocenters. The van der Waals surface area contributed by atoms with Gasteiger partial charge in [-0.1, -0.05) is 23.7 Å². The number of rotatable bonds is 11. The molecule has 0 atom stereocenters. The summed E-state index contributed by atoms with van der Waals surface area (Å²) in [5.41, 5.74) is 0.211. The van der Waals surface area contributed by atoms with Gasteiger partial charge in [0.1, 0.15) is 23.0 Å². The third kappa shape index (κ3) is 6.33. The molecular weight excluding hydrogens is 432 g/mol. The SMILES string of the molecule is COCCNS(=O)(=O)c1cc(C(=O)N(C)CCOc2ccccc2Cl)ccc1OC. The minimum atomic E-state index is -3.88. The summed E-state index contributed by atoms with van der Waals surface area (Å²) in [6.07, 6.45) is 0. The number of ether oxygens (including phenoxy) is 3. The summed E-state index contributed by atoms with van der Waals surface area (Å²) in [6, 6.07) is 11.3. The Bertz CT molecular complexity index is 968. The van der Waals surface area contributed by atoms with Crippen molar-refractivity contribution in [1.82, 2.24) is 9.62 Å². The van der Waals surface area contributed by atoms with Crippen LogP contribution in [0.5, 0.6) is 11.5 Å². The average Bonchev–Trinajstić information content (AvgIpc) is 2.74. The quantitative estimate of drug-likeness (QED) is 0.522. The maximum absolute atomic E-state index is 12.8. The first-order valence-electron chi connectivity index (χ1n) is 9.09. The second-order valence-electron chi connectivity index (χ2n) is 6.26. The molecule has 0 aliphatic heterocycles. The molecule has 10 heteroatoms. The van der Waals surface area contributed by atoms with Gasteiger partial charge >= 0.3 is 0 Å². The van der Waals surface area contributed by atoms with Crippen molar-refractivity contribution in [3.8, 4) is 11.5 Å². The number of benzene rings is 2. The number of hydrogen-bond acceptors (Lipinski definition) is 6. The van der Waals surface area contributed by atoms with Gasteiger partial charge in [-0.15, -0.1) is 0 Å². The average molecular weight is 457 g/mol. The Morgan fingerprint density at radius 2 is 1.83 bits per heavy atom. The number of hydrogen-bond donors (Lipinski definition) is 1.